The zero-order valence-corrected chi connectivity index (χ0v) is 19.2. The molecule has 1 aliphatic heterocycles. The van der Waals surface area contributed by atoms with Crippen LogP contribution in [0.15, 0.2) is 47.4 Å². The van der Waals surface area contributed by atoms with Gasteiger partial charge in [-0.25, -0.2) is 17.2 Å². The molecule has 6 nitrogen and oxygen atoms in total. The first-order valence-electron chi connectivity index (χ1n) is 10.8. The third-order valence-electron chi connectivity index (χ3n) is 5.78. The number of sulfonamides is 1. The standard InChI is InChI=1S/C23H29F2N3O3S/c1-3-27(19-6-4-5-17(2)15-19)14-11-26-23(29)18-9-12-28(13-10-18)32(30,31)20-7-8-21(24)22(25)16-20/h4-8,15-16,18H,3,9-14H2,1-2H3,(H,26,29). The molecule has 0 aliphatic carbocycles. The Morgan fingerprint density at radius 1 is 1.12 bits per heavy atom. The number of rotatable bonds is 8. The summed E-state index contributed by atoms with van der Waals surface area (Å²) in [4.78, 5) is 14.5. The summed E-state index contributed by atoms with van der Waals surface area (Å²) in [5.41, 5.74) is 2.28. The van der Waals surface area contributed by atoms with E-state index in [1.165, 1.54) is 9.87 Å². The van der Waals surface area contributed by atoms with Crippen LogP contribution in [0.25, 0.3) is 0 Å². The van der Waals surface area contributed by atoms with E-state index in [0.29, 0.717) is 32.0 Å². The smallest absolute Gasteiger partial charge is 0.243 e. The number of hydrogen-bond acceptors (Lipinski definition) is 4. The molecule has 0 bridgehead atoms. The lowest BCUT2D eigenvalue weighted by Crippen LogP contribution is -2.44. The highest BCUT2D eigenvalue weighted by Gasteiger charge is 2.32. The van der Waals surface area contributed by atoms with Crippen molar-refractivity contribution in [2.24, 2.45) is 5.92 Å². The van der Waals surface area contributed by atoms with E-state index in [-0.39, 0.29) is 29.8 Å². The fourth-order valence-corrected chi connectivity index (χ4v) is 5.38. The van der Waals surface area contributed by atoms with Gasteiger partial charge in [-0.1, -0.05) is 12.1 Å². The number of carbonyl (C=O) groups excluding carboxylic acids is 1. The van der Waals surface area contributed by atoms with Gasteiger partial charge >= 0.3 is 0 Å². The van der Waals surface area contributed by atoms with Crippen molar-refractivity contribution in [1.82, 2.24) is 9.62 Å². The lowest BCUT2D eigenvalue weighted by molar-refractivity contribution is -0.126. The Labute approximate surface area is 188 Å². The van der Waals surface area contributed by atoms with Crippen molar-refractivity contribution in [3.05, 3.63) is 59.7 Å². The van der Waals surface area contributed by atoms with Crippen LogP contribution in [0, 0.1) is 24.5 Å². The summed E-state index contributed by atoms with van der Waals surface area (Å²) < 4.78 is 53.2. The molecule has 32 heavy (non-hydrogen) atoms. The average molecular weight is 466 g/mol. The molecule has 1 N–H and O–H groups in total. The minimum Gasteiger partial charge on any atom is -0.370 e. The Morgan fingerprint density at radius 2 is 1.84 bits per heavy atom. The summed E-state index contributed by atoms with van der Waals surface area (Å²) in [7, 11) is -3.93. The third-order valence-corrected chi connectivity index (χ3v) is 7.68. The largest absolute Gasteiger partial charge is 0.370 e. The first-order valence-corrected chi connectivity index (χ1v) is 12.2. The van der Waals surface area contributed by atoms with Gasteiger partial charge in [0.25, 0.3) is 0 Å². The van der Waals surface area contributed by atoms with Crippen LogP contribution in [-0.2, 0) is 14.8 Å². The van der Waals surface area contributed by atoms with Crippen LogP contribution in [0.4, 0.5) is 14.5 Å². The Morgan fingerprint density at radius 3 is 2.47 bits per heavy atom. The minimum absolute atomic E-state index is 0.0878. The van der Waals surface area contributed by atoms with E-state index in [4.69, 9.17) is 0 Å². The first-order chi connectivity index (χ1) is 15.2. The van der Waals surface area contributed by atoms with Crippen molar-refractivity contribution in [3.8, 4) is 0 Å². The number of hydrogen-bond donors (Lipinski definition) is 1. The van der Waals surface area contributed by atoms with Gasteiger partial charge in [-0.3, -0.25) is 4.79 Å². The van der Waals surface area contributed by atoms with Crippen LogP contribution in [0.2, 0.25) is 0 Å². The molecule has 1 aliphatic rings. The Bertz CT molecular complexity index is 1050. The summed E-state index contributed by atoms with van der Waals surface area (Å²) in [6.07, 6.45) is 0.758. The predicted octanol–water partition coefficient (Wildman–Crippen LogP) is 3.32. The number of aryl methyl sites for hydroxylation is 1. The summed E-state index contributed by atoms with van der Waals surface area (Å²) in [6.45, 7) is 6.40. The number of nitrogens with one attached hydrogen (secondary N) is 1. The van der Waals surface area contributed by atoms with Gasteiger partial charge in [0.15, 0.2) is 11.6 Å². The van der Waals surface area contributed by atoms with Crippen LogP contribution < -0.4 is 10.2 Å². The number of likely N-dealkylation sites (N-methyl/N-ethyl adjacent to an activating group) is 1. The minimum atomic E-state index is -3.93. The van der Waals surface area contributed by atoms with Crippen molar-refractivity contribution < 1.29 is 22.0 Å². The van der Waals surface area contributed by atoms with E-state index < -0.39 is 21.7 Å². The van der Waals surface area contributed by atoms with Gasteiger partial charge < -0.3 is 10.2 Å². The number of halogens is 2. The molecule has 0 unspecified atom stereocenters. The Kier molecular flexibility index (Phi) is 7.84. The van der Waals surface area contributed by atoms with Crippen LogP contribution in [0.1, 0.15) is 25.3 Å². The zero-order valence-electron chi connectivity index (χ0n) is 18.4. The van der Waals surface area contributed by atoms with E-state index >= 15 is 0 Å². The van der Waals surface area contributed by atoms with Gasteiger partial charge in [-0.15, -0.1) is 0 Å². The van der Waals surface area contributed by atoms with Crippen LogP contribution in [0.5, 0.6) is 0 Å². The number of benzene rings is 2. The van der Waals surface area contributed by atoms with Crippen molar-refractivity contribution in [1.29, 1.82) is 0 Å². The highest BCUT2D eigenvalue weighted by atomic mass is 32.2. The van der Waals surface area contributed by atoms with Crippen LogP contribution in [-0.4, -0.2) is 51.4 Å². The number of carbonyl (C=O) groups is 1. The second kappa shape index (κ2) is 10.4. The highest BCUT2D eigenvalue weighted by molar-refractivity contribution is 7.89. The molecule has 2 aromatic carbocycles. The molecular formula is C23H29F2N3O3S. The van der Waals surface area contributed by atoms with Gasteiger partial charge in [0.2, 0.25) is 15.9 Å². The van der Waals surface area contributed by atoms with Crippen LogP contribution >= 0.6 is 0 Å². The van der Waals surface area contributed by atoms with Gasteiger partial charge in [-0.05, 0) is 62.6 Å². The van der Waals surface area contributed by atoms with Crippen molar-refractivity contribution in [3.63, 3.8) is 0 Å². The summed E-state index contributed by atoms with van der Waals surface area (Å²) >= 11 is 0. The quantitative estimate of drug-likeness (QED) is 0.650. The molecule has 2 aromatic rings. The SMILES string of the molecule is CCN(CCNC(=O)C1CCN(S(=O)(=O)c2ccc(F)c(F)c2)CC1)c1cccc(C)c1. The average Bonchev–Trinajstić information content (AvgIpc) is 2.78. The lowest BCUT2D eigenvalue weighted by atomic mass is 9.97. The van der Waals surface area contributed by atoms with E-state index in [1.54, 1.807) is 0 Å². The van der Waals surface area contributed by atoms with Gasteiger partial charge in [0, 0.05) is 44.3 Å². The number of anilines is 1. The Hall–Kier alpha value is -2.52. The molecule has 1 fully saturated rings. The number of nitrogens with zero attached hydrogens (tertiary/aromatic N) is 2. The molecule has 0 atom stereocenters. The fourth-order valence-electron chi connectivity index (χ4n) is 3.90. The fraction of sp³-hybridized carbons (Fsp3) is 0.435. The summed E-state index contributed by atoms with van der Waals surface area (Å²) in [6, 6.07) is 10.7. The molecule has 0 saturated carbocycles. The van der Waals surface area contributed by atoms with Gasteiger partial charge in [-0.2, -0.15) is 4.31 Å². The third kappa shape index (κ3) is 5.63. The summed E-state index contributed by atoms with van der Waals surface area (Å²) in [5.74, 6) is -2.66. The molecule has 0 radical (unpaired) electrons. The van der Waals surface area contributed by atoms with Crippen LogP contribution in [0.3, 0.4) is 0 Å². The molecule has 9 heteroatoms. The molecule has 1 heterocycles. The van der Waals surface area contributed by atoms with Crippen molar-refractivity contribution >= 4 is 21.6 Å². The lowest BCUT2D eigenvalue weighted by Gasteiger charge is -2.31. The molecule has 1 saturated heterocycles. The molecule has 1 amide bonds. The monoisotopic (exact) mass is 465 g/mol. The molecule has 174 valence electrons. The van der Waals surface area contributed by atoms with E-state index in [1.807, 2.05) is 25.1 Å². The maximum atomic E-state index is 13.5. The predicted molar refractivity (Wildman–Crippen MR) is 120 cm³/mol. The van der Waals surface area contributed by atoms with E-state index in [9.17, 15) is 22.0 Å². The molecular weight excluding hydrogens is 436 g/mol. The zero-order chi connectivity index (χ0) is 23.3. The maximum absolute atomic E-state index is 13.5. The summed E-state index contributed by atoms with van der Waals surface area (Å²) in [5, 5.41) is 2.96. The number of piperidine rings is 1. The maximum Gasteiger partial charge on any atom is 0.243 e. The Balaban J connectivity index is 1.50. The van der Waals surface area contributed by atoms with E-state index in [2.05, 4.69) is 23.2 Å². The second-order valence-electron chi connectivity index (χ2n) is 7.96. The normalized spacial score (nSPS) is 15.5. The second-order valence-corrected chi connectivity index (χ2v) is 9.90. The van der Waals surface area contributed by atoms with Crippen molar-refractivity contribution in [2.75, 3.05) is 37.6 Å². The first kappa shape index (κ1) is 24.1. The van der Waals surface area contributed by atoms with E-state index in [0.717, 1.165) is 24.4 Å². The molecule has 0 spiro atoms. The van der Waals surface area contributed by atoms with Gasteiger partial charge in [0.1, 0.15) is 0 Å². The topological polar surface area (TPSA) is 69.7 Å². The highest BCUT2D eigenvalue weighted by Crippen LogP contribution is 2.25. The number of amides is 1. The van der Waals surface area contributed by atoms with Crippen molar-refractivity contribution in [2.45, 2.75) is 31.6 Å². The molecule has 3 rings (SSSR count). The molecule has 0 aromatic heterocycles. The van der Waals surface area contributed by atoms with Gasteiger partial charge in [0.05, 0.1) is 4.90 Å².